The Morgan fingerprint density at radius 3 is 2.19 bits per heavy atom. The largest absolute Gasteiger partial charge is 0.143 e. The van der Waals surface area contributed by atoms with Gasteiger partial charge in [0.2, 0.25) is 0 Å². The predicted octanol–water partition coefficient (Wildman–Crippen LogP) is 6.65. The molecule has 0 bridgehead atoms. The molecule has 21 heavy (non-hydrogen) atoms. The summed E-state index contributed by atoms with van der Waals surface area (Å²) in [5.41, 5.74) is 3.94. The number of halogens is 2. The standard InChI is InChI=1S/C17H12Cl2S2/c1-17(9-10-3-2-4-13(18)14(10)19)11-5-7-20-15(11)16-12(17)6-8-21-16/h2-8H,9H2,1H3. The minimum absolute atomic E-state index is 0.0149. The molecule has 2 heterocycles. The summed E-state index contributed by atoms with van der Waals surface area (Å²) in [7, 11) is 0. The number of rotatable bonds is 2. The number of hydrogen-bond donors (Lipinski definition) is 0. The average Bonchev–Trinajstić information content (AvgIpc) is 3.13. The maximum atomic E-state index is 6.41. The van der Waals surface area contributed by atoms with E-state index in [0.29, 0.717) is 10.0 Å². The fourth-order valence-corrected chi connectivity index (χ4v) is 5.87. The minimum Gasteiger partial charge on any atom is -0.143 e. The molecule has 0 saturated heterocycles. The summed E-state index contributed by atoms with van der Waals surface area (Å²) in [6.07, 6.45) is 0.875. The second kappa shape index (κ2) is 4.85. The van der Waals surface area contributed by atoms with Gasteiger partial charge in [-0.3, -0.25) is 0 Å². The molecule has 0 aliphatic heterocycles. The van der Waals surface area contributed by atoms with Crippen molar-refractivity contribution in [1.29, 1.82) is 0 Å². The molecule has 4 heteroatoms. The minimum atomic E-state index is -0.0149. The zero-order valence-corrected chi connectivity index (χ0v) is 14.5. The summed E-state index contributed by atoms with van der Waals surface area (Å²) in [5.74, 6) is 0. The zero-order chi connectivity index (χ0) is 14.6. The quantitative estimate of drug-likeness (QED) is 0.485. The molecule has 1 aromatic carbocycles. The molecule has 2 aromatic heterocycles. The molecule has 1 aliphatic rings. The summed E-state index contributed by atoms with van der Waals surface area (Å²) >= 11 is 16.2. The summed E-state index contributed by atoms with van der Waals surface area (Å²) in [6.45, 7) is 2.31. The molecule has 1 aliphatic carbocycles. The van der Waals surface area contributed by atoms with Gasteiger partial charge >= 0.3 is 0 Å². The lowest BCUT2D eigenvalue weighted by molar-refractivity contribution is 0.585. The van der Waals surface area contributed by atoms with Gasteiger partial charge in [-0.1, -0.05) is 42.3 Å². The van der Waals surface area contributed by atoms with Crippen molar-refractivity contribution in [3.8, 4) is 9.75 Å². The van der Waals surface area contributed by atoms with E-state index in [0.717, 1.165) is 12.0 Å². The summed E-state index contributed by atoms with van der Waals surface area (Å²) in [5, 5.41) is 5.68. The van der Waals surface area contributed by atoms with Crippen LogP contribution in [0.15, 0.2) is 41.1 Å². The Labute approximate surface area is 142 Å². The Balaban J connectivity index is 1.87. The normalized spacial score (nSPS) is 15.0. The highest BCUT2D eigenvalue weighted by Gasteiger charge is 2.41. The Morgan fingerprint density at radius 2 is 1.57 bits per heavy atom. The van der Waals surface area contributed by atoms with Gasteiger partial charge in [0.1, 0.15) is 0 Å². The molecular formula is C17H12Cl2S2. The first-order valence-electron chi connectivity index (χ1n) is 6.70. The van der Waals surface area contributed by atoms with Crippen LogP contribution in [0.2, 0.25) is 10.0 Å². The molecule has 0 amide bonds. The number of benzene rings is 1. The van der Waals surface area contributed by atoms with E-state index < -0.39 is 0 Å². The Bertz CT molecular complexity index is 789. The molecule has 4 rings (SSSR count). The molecule has 106 valence electrons. The first-order valence-corrected chi connectivity index (χ1v) is 9.22. The van der Waals surface area contributed by atoms with Crippen LogP contribution in [0.3, 0.4) is 0 Å². The van der Waals surface area contributed by atoms with Crippen LogP contribution in [0.1, 0.15) is 23.6 Å². The molecule has 0 spiro atoms. The van der Waals surface area contributed by atoms with E-state index in [-0.39, 0.29) is 5.41 Å². The average molecular weight is 351 g/mol. The van der Waals surface area contributed by atoms with E-state index >= 15 is 0 Å². The van der Waals surface area contributed by atoms with Gasteiger partial charge in [0.25, 0.3) is 0 Å². The molecule has 0 fully saturated rings. The van der Waals surface area contributed by atoms with Crippen molar-refractivity contribution in [2.45, 2.75) is 18.8 Å². The maximum Gasteiger partial charge on any atom is 0.0624 e. The van der Waals surface area contributed by atoms with Crippen molar-refractivity contribution >= 4 is 45.9 Å². The molecule has 0 unspecified atom stereocenters. The first-order chi connectivity index (χ1) is 10.1. The van der Waals surface area contributed by atoms with Crippen molar-refractivity contribution in [1.82, 2.24) is 0 Å². The van der Waals surface area contributed by atoms with E-state index in [1.54, 1.807) is 0 Å². The van der Waals surface area contributed by atoms with Crippen LogP contribution in [0, 0.1) is 0 Å². The predicted molar refractivity (Wildman–Crippen MR) is 94.3 cm³/mol. The SMILES string of the molecule is CC1(Cc2cccc(Cl)c2Cl)c2ccsc2-c2sccc21. The first kappa shape index (κ1) is 13.8. The molecule has 0 radical (unpaired) electrons. The van der Waals surface area contributed by atoms with Crippen LogP contribution in [0.25, 0.3) is 9.75 Å². The summed E-state index contributed by atoms with van der Waals surface area (Å²) in [6, 6.07) is 10.4. The third-order valence-electron chi connectivity index (χ3n) is 4.30. The molecule has 0 atom stereocenters. The maximum absolute atomic E-state index is 6.41. The highest BCUT2D eigenvalue weighted by atomic mass is 35.5. The van der Waals surface area contributed by atoms with Gasteiger partial charge in [0.05, 0.1) is 10.0 Å². The monoisotopic (exact) mass is 350 g/mol. The van der Waals surface area contributed by atoms with E-state index in [4.69, 9.17) is 23.2 Å². The van der Waals surface area contributed by atoms with Gasteiger partial charge in [-0.15, -0.1) is 22.7 Å². The van der Waals surface area contributed by atoms with Gasteiger partial charge in [-0.2, -0.15) is 0 Å². The van der Waals surface area contributed by atoms with Gasteiger partial charge in [-0.05, 0) is 52.1 Å². The van der Waals surface area contributed by atoms with Crippen molar-refractivity contribution in [3.05, 3.63) is 67.8 Å². The van der Waals surface area contributed by atoms with Gasteiger partial charge < -0.3 is 0 Å². The van der Waals surface area contributed by atoms with Crippen LogP contribution in [-0.2, 0) is 11.8 Å². The third-order valence-corrected chi connectivity index (χ3v) is 7.15. The molecular weight excluding hydrogens is 339 g/mol. The lowest BCUT2D eigenvalue weighted by atomic mass is 9.76. The van der Waals surface area contributed by atoms with Crippen LogP contribution in [0.5, 0.6) is 0 Å². The molecule has 0 nitrogen and oxygen atoms in total. The lowest BCUT2D eigenvalue weighted by Gasteiger charge is -2.26. The summed E-state index contributed by atoms with van der Waals surface area (Å²) < 4.78 is 0. The Hall–Kier alpha value is -0.800. The number of hydrogen-bond acceptors (Lipinski definition) is 2. The van der Waals surface area contributed by atoms with Crippen LogP contribution < -0.4 is 0 Å². The Kier molecular flexibility index (Phi) is 3.20. The van der Waals surface area contributed by atoms with Gasteiger partial charge in [0, 0.05) is 15.2 Å². The second-order valence-corrected chi connectivity index (χ2v) is 8.17. The number of thiophene rings is 2. The zero-order valence-electron chi connectivity index (χ0n) is 11.3. The highest BCUT2D eigenvalue weighted by molar-refractivity contribution is 7.21. The smallest absolute Gasteiger partial charge is 0.0624 e. The fraction of sp³-hybridized carbons (Fsp3) is 0.176. The highest BCUT2D eigenvalue weighted by Crippen LogP contribution is 2.55. The third kappa shape index (κ3) is 1.93. The molecule has 0 N–H and O–H groups in total. The second-order valence-electron chi connectivity index (χ2n) is 5.55. The van der Waals surface area contributed by atoms with Crippen LogP contribution >= 0.6 is 45.9 Å². The van der Waals surface area contributed by atoms with Crippen molar-refractivity contribution in [2.75, 3.05) is 0 Å². The van der Waals surface area contributed by atoms with E-state index in [1.165, 1.54) is 20.9 Å². The topological polar surface area (TPSA) is 0 Å². The van der Waals surface area contributed by atoms with Gasteiger partial charge in [0.15, 0.2) is 0 Å². The summed E-state index contributed by atoms with van der Waals surface area (Å²) in [4.78, 5) is 2.83. The Morgan fingerprint density at radius 1 is 0.952 bits per heavy atom. The lowest BCUT2D eigenvalue weighted by Crippen LogP contribution is -2.23. The molecule has 0 saturated carbocycles. The van der Waals surface area contributed by atoms with E-state index in [1.807, 2.05) is 34.8 Å². The van der Waals surface area contributed by atoms with Gasteiger partial charge in [-0.25, -0.2) is 0 Å². The van der Waals surface area contributed by atoms with Crippen molar-refractivity contribution in [2.24, 2.45) is 0 Å². The van der Waals surface area contributed by atoms with Crippen molar-refractivity contribution in [3.63, 3.8) is 0 Å². The van der Waals surface area contributed by atoms with Crippen molar-refractivity contribution < 1.29 is 0 Å². The fourth-order valence-electron chi connectivity index (χ4n) is 3.24. The van der Waals surface area contributed by atoms with E-state index in [9.17, 15) is 0 Å². The number of fused-ring (bicyclic) bond motifs is 3. The van der Waals surface area contributed by atoms with Crippen LogP contribution in [0.4, 0.5) is 0 Å². The van der Waals surface area contributed by atoms with Crippen LogP contribution in [-0.4, -0.2) is 0 Å². The molecule has 3 aromatic rings. The van der Waals surface area contributed by atoms with E-state index in [2.05, 4.69) is 35.9 Å².